The lowest BCUT2D eigenvalue weighted by Crippen LogP contribution is -2.34. The van der Waals surface area contributed by atoms with Gasteiger partial charge in [0.05, 0.1) is 6.10 Å². The highest BCUT2D eigenvalue weighted by atomic mass is 16.3. The number of β-amino-alcohol motifs (C(OH)–C–C–N with tert-alkyl or cyclic N) is 1. The van der Waals surface area contributed by atoms with E-state index in [9.17, 15) is 5.11 Å². The van der Waals surface area contributed by atoms with Gasteiger partial charge in [0.2, 0.25) is 0 Å². The van der Waals surface area contributed by atoms with Crippen LogP contribution in [0.5, 0.6) is 0 Å². The molecule has 11 heavy (non-hydrogen) atoms. The smallest absolute Gasteiger partial charge is 0.0667 e. The minimum absolute atomic E-state index is 0.127. The summed E-state index contributed by atoms with van der Waals surface area (Å²) in [6.07, 6.45) is 2.07. The van der Waals surface area contributed by atoms with E-state index in [1.165, 1.54) is 6.42 Å². The Morgan fingerprint density at radius 2 is 1.82 bits per heavy atom. The van der Waals surface area contributed by atoms with Crippen LogP contribution in [0.2, 0.25) is 0 Å². The van der Waals surface area contributed by atoms with Crippen molar-refractivity contribution in [2.75, 3.05) is 13.1 Å². The van der Waals surface area contributed by atoms with Gasteiger partial charge in [-0.15, -0.1) is 0 Å². The summed E-state index contributed by atoms with van der Waals surface area (Å²) in [5.41, 5.74) is 0. The predicted molar refractivity (Wildman–Crippen MR) is 46.4 cm³/mol. The second-order valence-electron chi connectivity index (χ2n) is 3.99. The van der Waals surface area contributed by atoms with Crippen LogP contribution in [0.1, 0.15) is 26.7 Å². The summed E-state index contributed by atoms with van der Waals surface area (Å²) in [4.78, 5) is 0. The fourth-order valence-electron chi connectivity index (χ4n) is 1.91. The summed E-state index contributed by atoms with van der Waals surface area (Å²) in [6, 6.07) is 0. The topological polar surface area (TPSA) is 32.3 Å². The highest BCUT2D eigenvalue weighted by Gasteiger charge is 2.16. The quantitative estimate of drug-likeness (QED) is 0.550. The van der Waals surface area contributed by atoms with E-state index in [1.54, 1.807) is 0 Å². The van der Waals surface area contributed by atoms with E-state index in [-0.39, 0.29) is 6.10 Å². The van der Waals surface area contributed by atoms with Crippen LogP contribution in [0.15, 0.2) is 0 Å². The summed E-state index contributed by atoms with van der Waals surface area (Å²) in [6.45, 7) is 6.32. The molecule has 0 saturated carbocycles. The molecule has 0 amide bonds. The van der Waals surface area contributed by atoms with Crippen molar-refractivity contribution in [3.05, 3.63) is 0 Å². The molecule has 1 aliphatic rings. The molecule has 1 saturated heterocycles. The Morgan fingerprint density at radius 1 is 1.09 bits per heavy atom. The van der Waals surface area contributed by atoms with Gasteiger partial charge in [0, 0.05) is 6.54 Å². The second kappa shape index (κ2) is 4.07. The average Bonchev–Trinajstić information content (AvgIpc) is 1.83. The van der Waals surface area contributed by atoms with Crippen molar-refractivity contribution < 1.29 is 5.11 Å². The highest BCUT2D eigenvalue weighted by Crippen LogP contribution is 2.18. The van der Waals surface area contributed by atoms with Crippen LogP contribution >= 0.6 is 0 Å². The molecular formula is C9H19NO. The number of nitrogens with one attached hydrogen (secondary N) is 1. The first-order valence-corrected chi connectivity index (χ1v) is 4.57. The maximum Gasteiger partial charge on any atom is 0.0667 e. The van der Waals surface area contributed by atoms with Gasteiger partial charge >= 0.3 is 0 Å². The minimum atomic E-state index is -0.127. The number of aliphatic hydroxyl groups is 1. The molecule has 1 aliphatic heterocycles. The van der Waals surface area contributed by atoms with Crippen LogP contribution in [-0.2, 0) is 0 Å². The van der Waals surface area contributed by atoms with Gasteiger partial charge in [-0.3, -0.25) is 0 Å². The lowest BCUT2D eigenvalue weighted by molar-refractivity contribution is 0.125. The van der Waals surface area contributed by atoms with Gasteiger partial charge in [-0.05, 0) is 31.2 Å². The van der Waals surface area contributed by atoms with Gasteiger partial charge in [0.1, 0.15) is 0 Å². The standard InChI is InChI=1S/C9H19NO/c1-7-3-8(2)5-10-6-9(11)4-7/h7-11H,3-6H2,1-2H3. The molecule has 3 unspecified atom stereocenters. The maximum absolute atomic E-state index is 9.41. The molecular weight excluding hydrogens is 138 g/mol. The van der Waals surface area contributed by atoms with Crippen molar-refractivity contribution in [2.45, 2.75) is 32.8 Å². The predicted octanol–water partition coefficient (Wildman–Crippen LogP) is 1.00. The summed E-state index contributed by atoms with van der Waals surface area (Å²) in [5, 5.41) is 12.7. The largest absolute Gasteiger partial charge is 0.392 e. The fourth-order valence-corrected chi connectivity index (χ4v) is 1.91. The Labute approximate surface area is 69.0 Å². The van der Waals surface area contributed by atoms with Gasteiger partial charge in [-0.1, -0.05) is 13.8 Å². The maximum atomic E-state index is 9.41. The van der Waals surface area contributed by atoms with E-state index < -0.39 is 0 Å². The molecule has 0 spiro atoms. The zero-order chi connectivity index (χ0) is 8.27. The van der Waals surface area contributed by atoms with Gasteiger partial charge in [-0.2, -0.15) is 0 Å². The van der Waals surface area contributed by atoms with Crippen LogP contribution in [0.3, 0.4) is 0 Å². The molecule has 0 aromatic carbocycles. The monoisotopic (exact) mass is 157 g/mol. The Morgan fingerprint density at radius 3 is 2.55 bits per heavy atom. The molecule has 3 atom stereocenters. The Hall–Kier alpha value is -0.0800. The number of rotatable bonds is 0. The second-order valence-corrected chi connectivity index (χ2v) is 3.99. The zero-order valence-corrected chi connectivity index (χ0v) is 7.51. The lowest BCUT2D eigenvalue weighted by atomic mass is 9.91. The lowest BCUT2D eigenvalue weighted by Gasteiger charge is -2.24. The van der Waals surface area contributed by atoms with Crippen molar-refractivity contribution in [2.24, 2.45) is 11.8 Å². The Kier molecular flexibility index (Phi) is 3.34. The van der Waals surface area contributed by atoms with Crippen LogP contribution < -0.4 is 5.32 Å². The Bertz CT molecular complexity index is 104. The number of aliphatic hydroxyl groups excluding tert-OH is 1. The first-order chi connectivity index (χ1) is 5.18. The average molecular weight is 157 g/mol. The third-order valence-corrected chi connectivity index (χ3v) is 2.35. The summed E-state index contributed by atoms with van der Waals surface area (Å²) in [7, 11) is 0. The summed E-state index contributed by atoms with van der Waals surface area (Å²) < 4.78 is 0. The highest BCUT2D eigenvalue weighted by molar-refractivity contribution is 4.71. The molecule has 0 radical (unpaired) electrons. The SMILES string of the molecule is CC1CNCC(O)CC(C)C1. The van der Waals surface area contributed by atoms with Gasteiger partial charge < -0.3 is 10.4 Å². The Balaban J connectivity index is 2.34. The van der Waals surface area contributed by atoms with Crippen LogP contribution in [0.4, 0.5) is 0 Å². The molecule has 1 heterocycles. The molecule has 0 aromatic rings. The van der Waals surface area contributed by atoms with Gasteiger partial charge in [0.25, 0.3) is 0 Å². The summed E-state index contributed by atoms with van der Waals surface area (Å²) >= 11 is 0. The molecule has 1 fully saturated rings. The molecule has 0 aliphatic carbocycles. The van der Waals surface area contributed by atoms with Crippen molar-refractivity contribution >= 4 is 0 Å². The number of hydrogen-bond acceptors (Lipinski definition) is 2. The third-order valence-electron chi connectivity index (χ3n) is 2.35. The van der Waals surface area contributed by atoms with E-state index in [0.29, 0.717) is 5.92 Å². The van der Waals surface area contributed by atoms with Crippen LogP contribution in [0, 0.1) is 11.8 Å². The van der Waals surface area contributed by atoms with Crippen LogP contribution in [0.25, 0.3) is 0 Å². The van der Waals surface area contributed by atoms with Gasteiger partial charge in [0.15, 0.2) is 0 Å². The zero-order valence-electron chi connectivity index (χ0n) is 7.51. The number of hydrogen-bond donors (Lipinski definition) is 2. The molecule has 0 bridgehead atoms. The van der Waals surface area contributed by atoms with Gasteiger partial charge in [-0.25, -0.2) is 0 Å². The van der Waals surface area contributed by atoms with Crippen molar-refractivity contribution in [1.29, 1.82) is 0 Å². The minimum Gasteiger partial charge on any atom is -0.392 e. The van der Waals surface area contributed by atoms with Crippen molar-refractivity contribution in [3.63, 3.8) is 0 Å². The van der Waals surface area contributed by atoms with E-state index in [0.717, 1.165) is 25.4 Å². The first kappa shape index (κ1) is 9.01. The first-order valence-electron chi connectivity index (χ1n) is 4.57. The normalized spacial score (nSPS) is 41.2. The van der Waals surface area contributed by atoms with Crippen molar-refractivity contribution in [1.82, 2.24) is 5.32 Å². The van der Waals surface area contributed by atoms with Crippen molar-refractivity contribution in [3.8, 4) is 0 Å². The summed E-state index contributed by atoms with van der Waals surface area (Å²) in [5.74, 6) is 1.44. The van der Waals surface area contributed by atoms with E-state index in [4.69, 9.17) is 0 Å². The molecule has 0 aromatic heterocycles. The third kappa shape index (κ3) is 3.21. The van der Waals surface area contributed by atoms with E-state index >= 15 is 0 Å². The molecule has 1 rings (SSSR count). The molecule has 66 valence electrons. The fraction of sp³-hybridized carbons (Fsp3) is 1.00. The van der Waals surface area contributed by atoms with E-state index in [1.807, 2.05) is 0 Å². The molecule has 2 N–H and O–H groups in total. The molecule has 2 heteroatoms. The van der Waals surface area contributed by atoms with E-state index in [2.05, 4.69) is 19.2 Å². The van der Waals surface area contributed by atoms with Crippen LogP contribution in [-0.4, -0.2) is 24.3 Å². The molecule has 2 nitrogen and oxygen atoms in total.